The molecule has 1 heterocycles. The number of hydrogen-bond donors (Lipinski definition) is 1. The van der Waals surface area contributed by atoms with Crippen molar-refractivity contribution in [1.29, 1.82) is 0 Å². The molecule has 3 nitrogen and oxygen atoms in total. The van der Waals surface area contributed by atoms with Gasteiger partial charge in [-0.1, -0.05) is 0 Å². The quantitative estimate of drug-likeness (QED) is 0.506. The van der Waals surface area contributed by atoms with Crippen molar-refractivity contribution in [1.82, 2.24) is 4.98 Å². The van der Waals surface area contributed by atoms with Crippen molar-refractivity contribution in [2.75, 3.05) is 0 Å². The highest BCUT2D eigenvalue weighted by Gasteiger charge is 2.35. The molecule has 1 aromatic heterocycles. The van der Waals surface area contributed by atoms with Crippen LogP contribution in [0.5, 0.6) is 5.75 Å². The van der Waals surface area contributed by atoms with Gasteiger partial charge in [-0.2, -0.15) is 0 Å². The molecule has 0 radical (unpaired) electrons. The minimum atomic E-state index is -5.12. The van der Waals surface area contributed by atoms with Gasteiger partial charge in [-0.25, -0.2) is 13.8 Å². The highest BCUT2D eigenvalue weighted by molar-refractivity contribution is 14.1. The summed E-state index contributed by atoms with van der Waals surface area (Å²) in [5, 5.41) is 8.79. The number of aromatic nitrogens is 1. The molecule has 0 aliphatic heterocycles. The van der Waals surface area contributed by atoms with Crippen LogP contribution in [0.2, 0.25) is 0 Å². The molecular formula is C8H5F5INO2. The van der Waals surface area contributed by atoms with E-state index in [4.69, 9.17) is 5.11 Å². The highest BCUT2D eigenvalue weighted by Crippen LogP contribution is 2.35. The lowest BCUT2D eigenvalue weighted by atomic mass is 10.2. The fraction of sp³-hybridized carbons (Fsp3) is 0.375. The molecule has 0 unspecified atom stereocenters. The van der Waals surface area contributed by atoms with Gasteiger partial charge in [0.15, 0.2) is 5.75 Å². The summed E-state index contributed by atoms with van der Waals surface area (Å²) in [5.74, 6) is -1.14. The normalized spacial score (nSPS) is 12.0. The fourth-order valence-electron chi connectivity index (χ4n) is 1.08. The summed E-state index contributed by atoms with van der Waals surface area (Å²) in [5.41, 5.74) is -1.53. The van der Waals surface area contributed by atoms with Crippen LogP contribution in [0.3, 0.4) is 0 Å². The summed E-state index contributed by atoms with van der Waals surface area (Å²) in [6.45, 7) is -0.929. The average molecular weight is 369 g/mol. The van der Waals surface area contributed by atoms with Gasteiger partial charge >= 0.3 is 6.36 Å². The number of aliphatic hydroxyl groups is 1. The number of pyridine rings is 1. The number of nitrogens with zero attached hydrogens (tertiary/aromatic N) is 1. The molecule has 0 fully saturated rings. The van der Waals surface area contributed by atoms with E-state index in [1.165, 1.54) is 0 Å². The van der Waals surface area contributed by atoms with Crippen LogP contribution in [-0.2, 0) is 6.61 Å². The third-order valence-electron chi connectivity index (χ3n) is 1.64. The molecule has 0 aliphatic carbocycles. The zero-order valence-electron chi connectivity index (χ0n) is 7.93. The Balaban J connectivity index is 3.32. The lowest BCUT2D eigenvalue weighted by Crippen LogP contribution is -2.20. The van der Waals surface area contributed by atoms with Crippen LogP contribution in [0.4, 0.5) is 22.0 Å². The third kappa shape index (κ3) is 3.91. The van der Waals surface area contributed by atoms with E-state index >= 15 is 0 Å². The lowest BCUT2D eigenvalue weighted by molar-refractivity contribution is -0.275. The van der Waals surface area contributed by atoms with Crippen molar-refractivity contribution in [3.8, 4) is 5.75 Å². The van der Waals surface area contributed by atoms with Crippen LogP contribution in [0.15, 0.2) is 6.07 Å². The molecule has 0 aliphatic rings. The smallest absolute Gasteiger partial charge is 0.403 e. The predicted octanol–water partition coefficient (Wildman–Crippen LogP) is 3.01. The summed E-state index contributed by atoms with van der Waals surface area (Å²) in [6, 6.07) is 0.769. The predicted molar refractivity (Wildman–Crippen MR) is 54.5 cm³/mol. The SMILES string of the molecule is OCc1nc(I)cc(C(F)F)c1OC(F)(F)F. The Bertz CT molecular complexity index is 410. The minimum Gasteiger partial charge on any atom is -0.403 e. The van der Waals surface area contributed by atoms with Gasteiger partial charge < -0.3 is 9.84 Å². The second-order valence-corrected chi connectivity index (χ2v) is 3.92. The molecule has 9 heteroatoms. The molecular weight excluding hydrogens is 364 g/mol. The van der Waals surface area contributed by atoms with Crippen molar-refractivity contribution >= 4 is 22.6 Å². The van der Waals surface area contributed by atoms with E-state index < -0.39 is 36.4 Å². The van der Waals surface area contributed by atoms with E-state index in [-0.39, 0.29) is 3.70 Å². The van der Waals surface area contributed by atoms with Gasteiger partial charge in [-0.3, -0.25) is 0 Å². The summed E-state index contributed by atoms with van der Waals surface area (Å²) in [4.78, 5) is 3.50. The van der Waals surface area contributed by atoms with Crippen LogP contribution >= 0.6 is 22.6 Å². The van der Waals surface area contributed by atoms with Gasteiger partial charge in [0.05, 0.1) is 12.2 Å². The van der Waals surface area contributed by atoms with Crippen molar-refractivity contribution in [2.45, 2.75) is 19.4 Å². The standard InChI is InChI=1S/C8H5F5INO2/c9-7(10)3-1-5(14)15-4(2-16)6(3)17-8(11,12)13/h1,7,16H,2H2. The van der Waals surface area contributed by atoms with Gasteiger partial charge in [-0.05, 0) is 28.7 Å². The Hall–Kier alpha value is -0.710. The molecule has 0 bridgehead atoms. The van der Waals surface area contributed by atoms with Gasteiger partial charge in [0.2, 0.25) is 0 Å². The number of alkyl halides is 5. The lowest BCUT2D eigenvalue weighted by Gasteiger charge is -2.15. The number of halogens is 6. The molecule has 0 atom stereocenters. The number of aliphatic hydroxyl groups excluding tert-OH is 1. The summed E-state index contributed by atoms with van der Waals surface area (Å²) >= 11 is 1.55. The van der Waals surface area contributed by atoms with Crippen LogP contribution in [0.25, 0.3) is 0 Å². The van der Waals surface area contributed by atoms with Gasteiger partial charge in [-0.15, -0.1) is 13.2 Å². The summed E-state index contributed by atoms with van der Waals surface area (Å²) < 4.78 is 64.7. The monoisotopic (exact) mass is 369 g/mol. The Morgan fingerprint density at radius 1 is 1.41 bits per heavy atom. The summed E-state index contributed by atoms with van der Waals surface area (Å²) in [6.07, 6.45) is -8.28. The minimum absolute atomic E-state index is 0.0384. The summed E-state index contributed by atoms with van der Waals surface area (Å²) in [7, 11) is 0. The van der Waals surface area contributed by atoms with E-state index in [1.54, 1.807) is 22.6 Å². The first-order chi connectivity index (χ1) is 7.74. The second kappa shape index (κ2) is 5.29. The Morgan fingerprint density at radius 2 is 2.00 bits per heavy atom. The molecule has 0 amide bonds. The molecule has 0 saturated heterocycles. The van der Waals surface area contributed by atoms with E-state index in [0.29, 0.717) is 0 Å². The Kier molecular flexibility index (Phi) is 4.47. The zero-order valence-corrected chi connectivity index (χ0v) is 10.1. The van der Waals surface area contributed by atoms with E-state index in [1.807, 2.05) is 0 Å². The molecule has 0 aromatic carbocycles. The Morgan fingerprint density at radius 3 is 2.41 bits per heavy atom. The van der Waals surface area contributed by atoms with Crippen LogP contribution < -0.4 is 4.74 Å². The van der Waals surface area contributed by atoms with E-state index in [9.17, 15) is 22.0 Å². The van der Waals surface area contributed by atoms with Crippen LogP contribution in [-0.4, -0.2) is 16.5 Å². The third-order valence-corrected chi connectivity index (χ3v) is 2.20. The van der Waals surface area contributed by atoms with Gasteiger partial charge in [0.1, 0.15) is 9.39 Å². The highest BCUT2D eigenvalue weighted by atomic mass is 127. The molecule has 0 spiro atoms. The topological polar surface area (TPSA) is 42.4 Å². The van der Waals surface area contributed by atoms with Gasteiger partial charge in [0, 0.05) is 0 Å². The van der Waals surface area contributed by atoms with Crippen LogP contribution in [0.1, 0.15) is 17.7 Å². The largest absolute Gasteiger partial charge is 0.573 e. The maximum atomic E-state index is 12.5. The zero-order chi connectivity index (χ0) is 13.2. The van der Waals surface area contributed by atoms with E-state index in [2.05, 4.69) is 9.72 Å². The fourth-order valence-corrected chi connectivity index (χ4v) is 1.70. The maximum absolute atomic E-state index is 12.5. The molecule has 1 N–H and O–H groups in total. The number of ether oxygens (including phenoxy) is 1. The molecule has 1 rings (SSSR count). The molecule has 17 heavy (non-hydrogen) atoms. The first-order valence-corrected chi connectivity index (χ1v) is 5.16. The van der Waals surface area contributed by atoms with Crippen molar-refractivity contribution in [3.63, 3.8) is 0 Å². The number of rotatable bonds is 3. The maximum Gasteiger partial charge on any atom is 0.573 e. The molecule has 96 valence electrons. The average Bonchev–Trinajstić information content (AvgIpc) is 2.17. The van der Waals surface area contributed by atoms with E-state index in [0.717, 1.165) is 6.07 Å². The van der Waals surface area contributed by atoms with Crippen molar-refractivity contribution in [3.05, 3.63) is 21.0 Å². The van der Waals surface area contributed by atoms with Crippen LogP contribution in [0, 0.1) is 3.70 Å². The van der Waals surface area contributed by atoms with Crippen molar-refractivity contribution in [2.24, 2.45) is 0 Å². The molecule has 0 saturated carbocycles. The first-order valence-electron chi connectivity index (χ1n) is 4.08. The molecule has 1 aromatic rings. The first kappa shape index (κ1) is 14.4. The second-order valence-electron chi connectivity index (χ2n) is 2.82. The van der Waals surface area contributed by atoms with Gasteiger partial charge in [0.25, 0.3) is 6.43 Å². The van der Waals surface area contributed by atoms with Crippen molar-refractivity contribution < 1.29 is 31.8 Å². The Labute approximate surface area is 106 Å². The number of hydrogen-bond acceptors (Lipinski definition) is 3.